The molecule has 0 saturated carbocycles. The Kier molecular flexibility index (Phi) is 3.99. The quantitative estimate of drug-likeness (QED) is 0.774. The maximum absolute atomic E-state index is 8.89. The Labute approximate surface area is 88.6 Å². The summed E-state index contributed by atoms with van der Waals surface area (Å²) in [6.07, 6.45) is 0. The lowest BCUT2D eigenvalue weighted by Crippen LogP contribution is -2.01. The molecule has 0 spiro atoms. The number of benzene rings is 1. The second-order valence-electron chi connectivity index (χ2n) is 3.20. The first kappa shape index (κ1) is 11.1. The molecular weight excluding hydrogens is 194 g/mol. The van der Waals surface area contributed by atoms with E-state index in [0.717, 1.165) is 10.5 Å². The summed E-state index contributed by atoms with van der Waals surface area (Å²) in [6.45, 7) is 4.06. The Balaban J connectivity index is 2.82. The van der Waals surface area contributed by atoms with Crippen molar-refractivity contribution >= 4 is 11.8 Å². The number of hydrogen-bond donors (Lipinski definition) is 1. The van der Waals surface area contributed by atoms with Gasteiger partial charge in [-0.25, -0.2) is 0 Å². The summed E-state index contributed by atoms with van der Waals surface area (Å²) in [5.41, 5.74) is 1.70. The predicted octanol–water partition coefficient (Wildman–Crippen LogP) is 2.34. The number of nitrogens with zero attached hydrogens (tertiary/aromatic N) is 1. The van der Waals surface area contributed by atoms with Crippen molar-refractivity contribution in [3.8, 4) is 6.07 Å². The lowest BCUT2D eigenvalue weighted by molar-refractivity contribution is 0.300. The van der Waals surface area contributed by atoms with Gasteiger partial charge in [0.2, 0.25) is 0 Å². The molecule has 0 aliphatic rings. The molecule has 74 valence electrons. The summed E-state index contributed by atoms with van der Waals surface area (Å²) in [6, 6.07) is 7.85. The van der Waals surface area contributed by atoms with Gasteiger partial charge in [0.25, 0.3) is 0 Å². The molecule has 0 aromatic heterocycles. The molecule has 0 aliphatic carbocycles. The molecule has 0 aliphatic heterocycles. The van der Waals surface area contributed by atoms with Gasteiger partial charge < -0.3 is 5.11 Å². The molecule has 1 N–H and O–H groups in total. The average molecular weight is 207 g/mol. The van der Waals surface area contributed by atoms with Gasteiger partial charge in [-0.2, -0.15) is 5.26 Å². The normalized spacial score (nSPS) is 12.1. The van der Waals surface area contributed by atoms with Gasteiger partial charge in [0.05, 0.1) is 18.2 Å². The molecule has 0 bridgehead atoms. The smallest absolute Gasteiger partial charge is 0.0994 e. The molecule has 14 heavy (non-hydrogen) atoms. The average Bonchev–Trinajstić information content (AvgIpc) is 2.18. The molecule has 0 amide bonds. The molecule has 2 nitrogen and oxygen atoms in total. The highest BCUT2D eigenvalue weighted by molar-refractivity contribution is 8.00. The number of aryl methyl sites for hydroxylation is 1. The first-order valence-corrected chi connectivity index (χ1v) is 5.33. The van der Waals surface area contributed by atoms with E-state index in [-0.39, 0.29) is 11.9 Å². The highest BCUT2D eigenvalue weighted by atomic mass is 32.2. The van der Waals surface area contributed by atoms with Gasteiger partial charge in [0.1, 0.15) is 0 Å². The van der Waals surface area contributed by atoms with Crippen molar-refractivity contribution in [2.75, 3.05) is 6.61 Å². The highest BCUT2D eigenvalue weighted by Crippen LogP contribution is 2.24. The van der Waals surface area contributed by atoms with Gasteiger partial charge in [-0.05, 0) is 30.7 Å². The third-order valence-corrected chi connectivity index (χ3v) is 2.99. The van der Waals surface area contributed by atoms with Crippen molar-refractivity contribution in [3.63, 3.8) is 0 Å². The summed E-state index contributed by atoms with van der Waals surface area (Å²) in [5, 5.41) is 17.8. The standard InChI is InChI=1S/C11H13NOS/c1-8-5-11(14-9(2)7-13)4-3-10(8)6-12/h3-5,9,13H,7H2,1-2H3. The van der Waals surface area contributed by atoms with E-state index < -0.39 is 0 Å². The van der Waals surface area contributed by atoms with Crippen LogP contribution < -0.4 is 0 Å². The fourth-order valence-corrected chi connectivity index (χ4v) is 2.04. The summed E-state index contributed by atoms with van der Waals surface area (Å²) in [4.78, 5) is 1.10. The largest absolute Gasteiger partial charge is 0.395 e. The van der Waals surface area contributed by atoms with Gasteiger partial charge in [-0.3, -0.25) is 0 Å². The highest BCUT2D eigenvalue weighted by Gasteiger charge is 2.04. The number of nitriles is 1. The van der Waals surface area contributed by atoms with Gasteiger partial charge >= 0.3 is 0 Å². The molecule has 1 aromatic carbocycles. The Morgan fingerprint density at radius 2 is 2.29 bits per heavy atom. The van der Waals surface area contributed by atoms with E-state index in [2.05, 4.69) is 6.07 Å². The molecule has 0 saturated heterocycles. The second kappa shape index (κ2) is 5.04. The maximum Gasteiger partial charge on any atom is 0.0994 e. The molecular formula is C11H13NOS. The zero-order chi connectivity index (χ0) is 10.6. The van der Waals surface area contributed by atoms with Crippen molar-refractivity contribution < 1.29 is 5.11 Å². The van der Waals surface area contributed by atoms with Crippen LogP contribution in [-0.4, -0.2) is 17.0 Å². The number of hydrogen-bond acceptors (Lipinski definition) is 3. The van der Waals surface area contributed by atoms with Crippen molar-refractivity contribution in [2.45, 2.75) is 24.0 Å². The second-order valence-corrected chi connectivity index (χ2v) is 4.71. The molecule has 0 radical (unpaired) electrons. The molecule has 0 fully saturated rings. The Hall–Kier alpha value is -0.980. The minimum atomic E-state index is 0.170. The number of aliphatic hydroxyl groups is 1. The molecule has 1 rings (SSSR count). The van der Waals surface area contributed by atoms with Crippen LogP contribution in [0.5, 0.6) is 0 Å². The van der Waals surface area contributed by atoms with E-state index in [4.69, 9.17) is 10.4 Å². The topological polar surface area (TPSA) is 44.0 Å². The summed E-state index contributed by atoms with van der Waals surface area (Å²) in [7, 11) is 0. The zero-order valence-corrected chi connectivity index (χ0v) is 9.14. The fourth-order valence-electron chi connectivity index (χ4n) is 1.10. The van der Waals surface area contributed by atoms with Crippen molar-refractivity contribution in [3.05, 3.63) is 29.3 Å². The van der Waals surface area contributed by atoms with Gasteiger partial charge in [0, 0.05) is 10.1 Å². The van der Waals surface area contributed by atoms with Gasteiger partial charge in [0.15, 0.2) is 0 Å². The van der Waals surface area contributed by atoms with Crippen molar-refractivity contribution in [1.82, 2.24) is 0 Å². The molecule has 0 heterocycles. The van der Waals surface area contributed by atoms with Crippen LogP contribution in [0.4, 0.5) is 0 Å². The maximum atomic E-state index is 8.89. The fraction of sp³-hybridized carbons (Fsp3) is 0.364. The van der Waals surface area contributed by atoms with Crippen LogP contribution in [0.15, 0.2) is 23.1 Å². The van der Waals surface area contributed by atoms with Crippen LogP contribution in [0.25, 0.3) is 0 Å². The van der Waals surface area contributed by atoms with E-state index in [1.165, 1.54) is 0 Å². The number of aliphatic hydroxyl groups excluding tert-OH is 1. The monoisotopic (exact) mass is 207 g/mol. The third kappa shape index (κ3) is 2.76. The molecule has 1 unspecified atom stereocenters. The van der Waals surface area contributed by atoms with E-state index in [1.54, 1.807) is 11.8 Å². The number of rotatable bonds is 3. The lowest BCUT2D eigenvalue weighted by Gasteiger charge is -2.08. The zero-order valence-electron chi connectivity index (χ0n) is 8.32. The van der Waals surface area contributed by atoms with Crippen LogP contribution in [-0.2, 0) is 0 Å². The minimum absolute atomic E-state index is 0.170. The van der Waals surface area contributed by atoms with E-state index in [0.29, 0.717) is 5.56 Å². The van der Waals surface area contributed by atoms with E-state index in [9.17, 15) is 0 Å². The number of thioether (sulfide) groups is 1. The van der Waals surface area contributed by atoms with Gasteiger partial charge in [-0.15, -0.1) is 11.8 Å². The van der Waals surface area contributed by atoms with Crippen LogP contribution in [0, 0.1) is 18.3 Å². The molecule has 1 atom stereocenters. The summed E-state index contributed by atoms with van der Waals surface area (Å²) < 4.78 is 0. The first-order chi connectivity index (χ1) is 6.67. The Bertz CT molecular complexity index is 357. The molecule has 1 aromatic rings. The van der Waals surface area contributed by atoms with Crippen LogP contribution in [0.1, 0.15) is 18.1 Å². The lowest BCUT2D eigenvalue weighted by atomic mass is 10.1. The minimum Gasteiger partial charge on any atom is -0.395 e. The Morgan fingerprint density at radius 3 is 2.79 bits per heavy atom. The molecule has 3 heteroatoms. The van der Waals surface area contributed by atoms with E-state index in [1.807, 2.05) is 32.0 Å². The third-order valence-electron chi connectivity index (χ3n) is 1.91. The summed E-state index contributed by atoms with van der Waals surface area (Å²) in [5.74, 6) is 0. The van der Waals surface area contributed by atoms with E-state index >= 15 is 0 Å². The first-order valence-electron chi connectivity index (χ1n) is 4.45. The van der Waals surface area contributed by atoms with Crippen LogP contribution >= 0.6 is 11.8 Å². The van der Waals surface area contributed by atoms with Gasteiger partial charge in [-0.1, -0.05) is 6.92 Å². The van der Waals surface area contributed by atoms with Crippen LogP contribution in [0.2, 0.25) is 0 Å². The SMILES string of the molecule is Cc1cc(SC(C)CO)ccc1C#N. The Morgan fingerprint density at radius 1 is 1.57 bits per heavy atom. The van der Waals surface area contributed by atoms with Crippen molar-refractivity contribution in [2.24, 2.45) is 0 Å². The summed E-state index contributed by atoms with van der Waals surface area (Å²) >= 11 is 1.62. The van der Waals surface area contributed by atoms with Crippen LogP contribution in [0.3, 0.4) is 0 Å². The van der Waals surface area contributed by atoms with Crippen molar-refractivity contribution in [1.29, 1.82) is 5.26 Å². The predicted molar refractivity (Wildman–Crippen MR) is 58.3 cm³/mol.